The molecule has 1 fully saturated rings. The molecule has 3 heterocycles. The van der Waals surface area contributed by atoms with Crippen LogP contribution in [-0.2, 0) is 15.9 Å². The van der Waals surface area contributed by atoms with E-state index in [1.807, 2.05) is 11.8 Å². The number of aromatic amines is 1. The van der Waals surface area contributed by atoms with Crippen molar-refractivity contribution in [1.29, 1.82) is 0 Å². The van der Waals surface area contributed by atoms with Gasteiger partial charge in [-0.1, -0.05) is 29.9 Å². The lowest BCUT2D eigenvalue weighted by atomic mass is 10.1. The predicted molar refractivity (Wildman–Crippen MR) is 110 cm³/mol. The highest BCUT2D eigenvalue weighted by molar-refractivity contribution is 7.17. The van der Waals surface area contributed by atoms with Crippen LogP contribution in [0.15, 0.2) is 0 Å². The van der Waals surface area contributed by atoms with Crippen LogP contribution in [0.3, 0.4) is 0 Å². The Balaban J connectivity index is 1.69. The van der Waals surface area contributed by atoms with Crippen molar-refractivity contribution in [1.82, 2.24) is 19.9 Å². The van der Waals surface area contributed by atoms with Gasteiger partial charge in [0.05, 0.1) is 24.0 Å². The highest BCUT2D eigenvalue weighted by Gasteiger charge is 2.38. The average Bonchev–Trinajstić information content (AvgIpc) is 3.22. The Morgan fingerprint density at radius 3 is 2.66 bits per heavy atom. The van der Waals surface area contributed by atoms with Gasteiger partial charge in [-0.15, -0.1) is 0 Å². The third-order valence-electron chi connectivity index (χ3n) is 4.63. The van der Waals surface area contributed by atoms with Crippen molar-refractivity contribution < 1.29 is 19.1 Å². The van der Waals surface area contributed by atoms with E-state index in [1.165, 1.54) is 11.3 Å². The number of nitrogens with zero attached hydrogens (tertiary/aromatic N) is 4. The van der Waals surface area contributed by atoms with E-state index in [9.17, 15) is 9.59 Å². The van der Waals surface area contributed by atoms with Gasteiger partial charge in [-0.05, 0) is 20.3 Å². The molecule has 0 unspecified atom stereocenters. The Labute approximate surface area is 178 Å². The standard InChI is InChI=1S/C18H24ClN5O4S/c1-5-12-14(19)22-15(21-12)16(25)24(9-27-4)11-7-23(8-11)18-20-10(3)13(29-18)17(26)28-6-2/h11H,5-9H2,1-4H3,(H,21,22). The molecule has 0 atom stereocenters. The number of imidazole rings is 1. The van der Waals surface area contributed by atoms with Crippen molar-refractivity contribution >= 4 is 39.9 Å². The number of hydrogen-bond donors (Lipinski definition) is 1. The van der Waals surface area contributed by atoms with E-state index in [1.54, 1.807) is 25.9 Å². The lowest BCUT2D eigenvalue weighted by Crippen LogP contribution is -2.61. The summed E-state index contributed by atoms with van der Waals surface area (Å²) >= 11 is 7.37. The number of hydrogen-bond acceptors (Lipinski definition) is 8. The smallest absolute Gasteiger partial charge is 0.350 e. The number of amides is 1. The topological polar surface area (TPSA) is 101 Å². The minimum atomic E-state index is -0.358. The number of aromatic nitrogens is 3. The van der Waals surface area contributed by atoms with Crippen LogP contribution in [-0.4, -0.2) is 71.3 Å². The normalized spacial score (nSPS) is 14.0. The fourth-order valence-electron chi connectivity index (χ4n) is 3.04. The van der Waals surface area contributed by atoms with Crippen LogP contribution in [0, 0.1) is 6.92 Å². The number of thiazole rings is 1. The molecule has 1 aliphatic rings. The Kier molecular flexibility index (Phi) is 6.76. The van der Waals surface area contributed by atoms with Gasteiger partial charge in [0, 0.05) is 20.2 Å². The van der Waals surface area contributed by atoms with Crippen molar-refractivity contribution in [2.75, 3.05) is 38.4 Å². The van der Waals surface area contributed by atoms with Crippen LogP contribution in [0.1, 0.15) is 45.5 Å². The summed E-state index contributed by atoms with van der Waals surface area (Å²) in [5.41, 5.74) is 1.38. The minimum Gasteiger partial charge on any atom is -0.462 e. The first-order chi connectivity index (χ1) is 13.9. The molecule has 3 rings (SSSR count). The van der Waals surface area contributed by atoms with Gasteiger partial charge in [-0.3, -0.25) is 4.79 Å². The molecule has 2 aromatic rings. The summed E-state index contributed by atoms with van der Waals surface area (Å²) in [5.74, 6) is -0.416. The van der Waals surface area contributed by atoms with E-state index in [2.05, 4.69) is 15.0 Å². The quantitative estimate of drug-likeness (QED) is 0.496. The van der Waals surface area contributed by atoms with Gasteiger partial charge in [-0.25, -0.2) is 14.8 Å². The number of aryl methyl sites for hydroxylation is 2. The SMILES string of the molecule is CCOC(=O)c1sc(N2CC(N(COC)C(=O)c3nc(Cl)c(CC)[nH]3)C2)nc1C. The van der Waals surface area contributed by atoms with Crippen molar-refractivity contribution in [3.8, 4) is 0 Å². The number of esters is 1. The molecular formula is C18H24ClN5O4S. The lowest BCUT2D eigenvalue weighted by Gasteiger charge is -2.44. The first-order valence-corrected chi connectivity index (χ1v) is 10.5. The predicted octanol–water partition coefficient (Wildman–Crippen LogP) is 2.50. The van der Waals surface area contributed by atoms with Crippen LogP contribution in [0.25, 0.3) is 0 Å². The van der Waals surface area contributed by atoms with Gasteiger partial charge in [0.1, 0.15) is 11.6 Å². The molecule has 2 aromatic heterocycles. The molecular weight excluding hydrogens is 418 g/mol. The van der Waals surface area contributed by atoms with E-state index >= 15 is 0 Å². The van der Waals surface area contributed by atoms with Crippen molar-refractivity contribution in [3.63, 3.8) is 0 Å². The second kappa shape index (κ2) is 9.10. The maximum atomic E-state index is 12.9. The first-order valence-electron chi connectivity index (χ1n) is 9.33. The lowest BCUT2D eigenvalue weighted by molar-refractivity contribution is 0.0196. The summed E-state index contributed by atoms with van der Waals surface area (Å²) in [5, 5.41) is 1.05. The summed E-state index contributed by atoms with van der Waals surface area (Å²) < 4.78 is 10.3. The summed E-state index contributed by atoms with van der Waals surface area (Å²) in [4.78, 5) is 40.7. The highest BCUT2D eigenvalue weighted by atomic mass is 35.5. The van der Waals surface area contributed by atoms with Crippen LogP contribution >= 0.6 is 22.9 Å². The number of rotatable bonds is 8. The number of H-pyrrole nitrogens is 1. The fraction of sp³-hybridized carbons (Fsp3) is 0.556. The van der Waals surface area contributed by atoms with E-state index in [0.717, 1.165) is 10.8 Å². The first kappa shape index (κ1) is 21.5. The maximum Gasteiger partial charge on any atom is 0.350 e. The monoisotopic (exact) mass is 441 g/mol. The zero-order valence-electron chi connectivity index (χ0n) is 16.8. The van der Waals surface area contributed by atoms with Gasteiger partial charge in [0.2, 0.25) is 0 Å². The molecule has 1 aliphatic heterocycles. The molecule has 0 saturated carbocycles. The number of halogens is 1. The molecule has 29 heavy (non-hydrogen) atoms. The molecule has 9 nitrogen and oxygen atoms in total. The molecule has 0 spiro atoms. The van der Waals surface area contributed by atoms with E-state index in [-0.39, 0.29) is 30.5 Å². The number of carbonyl (C=O) groups is 2. The van der Waals surface area contributed by atoms with Crippen LogP contribution in [0.5, 0.6) is 0 Å². The number of ether oxygens (including phenoxy) is 2. The Bertz CT molecular complexity index is 893. The molecule has 1 saturated heterocycles. The highest BCUT2D eigenvalue weighted by Crippen LogP contribution is 2.31. The zero-order chi connectivity index (χ0) is 21.1. The van der Waals surface area contributed by atoms with Gasteiger partial charge in [-0.2, -0.15) is 0 Å². The van der Waals surface area contributed by atoms with Crippen LogP contribution in [0.4, 0.5) is 5.13 Å². The number of methoxy groups -OCH3 is 1. The molecule has 0 aliphatic carbocycles. The summed E-state index contributed by atoms with van der Waals surface area (Å²) in [7, 11) is 1.54. The van der Waals surface area contributed by atoms with Gasteiger partial charge in [0.15, 0.2) is 16.1 Å². The fourth-order valence-corrected chi connectivity index (χ4v) is 4.29. The van der Waals surface area contributed by atoms with E-state index in [4.69, 9.17) is 21.1 Å². The second-order valence-electron chi connectivity index (χ2n) is 6.59. The second-order valence-corrected chi connectivity index (χ2v) is 7.93. The number of carbonyl (C=O) groups excluding carboxylic acids is 2. The Morgan fingerprint density at radius 1 is 1.34 bits per heavy atom. The molecule has 1 amide bonds. The van der Waals surface area contributed by atoms with E-state index < -0.39 is 0 Å². The molecule has 0 aromatic carbocycles. The Hall–Kier alpha value is -2.17. The van der Waals surface area contributed by atoms with E-state index in [0.29, 0.717) is 41.8 Å². The molecule has 0 radical (unpaired) electrons. The summed E-state index contributed by atoms with van der Waals surface area (Å²) in [6.07, 6.45) is 0.660. The zero-order valence-corrected chi connectivity index (χ0v) is 18.4. The number of nitrogens with one attached hydrogen (secondary N) is 1. The largest absolute Gasteiger partial charge is 0.462 e. The van der Waals surface area contributed by atoms with Gasteiger partial charge in [0.25, 0.3) is 5.91 Å². The molecule has 0 bridgehead atoms. The van der Waals surface area contributed by atoms with Crippen molar-refractivity contribution in [2.24, 2.45) is 0 Å². The molecule has 11 heteroatoms. The molecule has 158 valence electrons. The molecule has 1 N–H and O–H groups in total. The minimum absolute atomic E-state index is 0.0633. The third-order valence-corrected chi connectivity index (χ3v) is 6.14. The number of anilines is 1. The van der Waals surface area contributed by atoms with Gasteiger partial charge < -0.3 is 24.3 Å². The Morgan fingerprint density at radius 2 is 2.07 bits per heavy atom. The van der Waals surface area contributed by atoms with Crippen molar-refractivity contribution in [3.05, 3.63) is 27.2 Å². The average molecular weight is 442 g/mol. The summed E-state index contributed by atoms with van der Waals surface area (Å²) in [6, 6.07) is -0.0633. The van der Waals surface area contributed by atoms with Gasteiger partial charge >= 0.3 is 5.97 Å². The third kappa shape index (κ3) is 4.39. The maximum absolute atomic E-state index is 12.9. The van der Waals surface area contributed by atoms with Crippen molar-refractivity contribution in [2.45, 2.75) is 33.2 Å². The van der Waals surface area contributed by atoms with Crippen LogP contribution < -0.4 is 4.90 Å². The van der Waals surface area contributed by atoms with Crippen LogP contribution in [0.2, 0.25) is 5.15 Å². The summed E-state index contributed by atoms with van der Waals surface area (Å²) in [6.45, 7) is 7.12.